The highest BCUT2D eigenvalue weighted by molar-refractivity contribution is 8.00. The van der Waals surface area contributed by atoms with Crippen molar-refractivity contribution in [1.29, 1.82) is 0 Å². The van der Waals surface area contributed by atoms with Crippen LogP contribution in [0.3, 0.4) is 0 Å². The van der Waals surface area contributed by atoms with Crippen molar-refractivity contribution in [3.05, 3.63) is 104 Å². The molecule has 0 spiro atoms. The first kappa shape index (κ1) is 28.7. The highest BCUT2D eigenvalue weighted by atomic mass is 32.2. The zero-order valence-corrected chi connectivity index (χ0v) is 23.9. The number of anilines is 2. The number of aryl methyl sites for hydroxylation is 1. The number of thiazole rings is 1. The third-order valence-electron chi connectivity index (χ3n) is 7.18. The second kappa shape index (κ2) is 11.0. The Balaban J connectivity index is 1.25. The molecule has 220 valence electrons. The van der Waals surface area contributed by atoms with E-state index >= 15 is 0 Å². The van der Waals surface area contributed by atoms with E-state index in [1.807, 2.05) is 19.1 Å². The van der Waals surface area contributed by atoms with Gasteiger partial charge in [0.2, 0.25) is 11.8 Å². The third-order valence-corrected chi connectivity index (χ3v) is 9.58. The number of thioether (sulfide) groups is 1. The number of carbonyl (C=O) groups excluding carboxylic acids is 3. The number of nitrogens with one attached hydrogen (secondary N) is 2. The molecule has 0 bridgehead atoms. The summed E-state index contributed by atoms with van der Waals surface area (Å²) >= 11 is 2.14. The molecule has 3 heterocycles. The number of fused-ring (bicyclic) bond motifs is 2. The molecule has 6 rings (SSSR count). The van der Waals surface area contributed by atoms with Crippen LogP contribution in [-0.2, 0) is 20.6 Å². The van der Waals surface area contributed by atoms with Crippen LogP contribution in [0.2, 0.25) is 0 Å². The van der Waals surface area contributed by atoms with Crippen LogP contribution in [0.5, 0.6) is 5.75 Å². The van der Waals surface area contributed by atoms with Gasteiger partial charge in [-0.05, 0) is 55.0 Å². The monoisotopic (exact) mass is 625 g/mol. The Bertz CT molecular complexity index is 1800. The van der Waals surface area contributed by atoms with Crippen molar-refractivity contribution in [2.45, 2.75) is 29.3 Å². The molecule has 3 amide bonds. The van der Waals surface area contributed by atoms with E-state index in [0.717, 1.165) is 29.0 Å². The predicted molar refractivity (Wildman–Crippen MR) is 156 cm³/mol. The van der Waals surface area contributed by atoms with Crippen LogP contribution in [0, 0.1) is 12.8 Å². The van der Waals surface area contributed by atoms with Crippen molar-refractivity contribution in [2.24, 2.45) is 5.92 Å². The Morgan fingerprint density at radius 3 is 2.49 bits per heavy atom. The Morgan fingerprint density at radius 2 is 1.74 bits per heavy atom. The summed E-state index contributed by atoms with van der Waals surface area (Å²) in [6, 6.07) is 18.0. The lowest BCUT2D eigenvalue weighted by atomic mass is 9.83. The minimum atomic E-state index is -4.55. The lowest BCUT2D eigenvalue weighted by Gasteiger charge is -2.30. The van der Waals surface area contributed by atoms with E-state index in [9.17, 15) is 32.3 Å². The lowest BCUT2D eigenvalue weighted by Crippen LogP contribution is -2.32. The fourth-order valence-electron chi connectivity index (χ4n) is 5.24. The Hall–Kier alpha value is -4.36. The first-order valence-corrected chi connectivity index (χ1v) is 14.7. The van der Waals surface area contributed by atoms with Gasteiger partial charge in [0.15, 0.2) is 6.61 Å². The molecule has 13 heteroatoms. The van der Waals surface area contributed by atoms with Gasteiger partial charge >= 0.3 is 11.0 Å². The van der Waals surface area contributed by atoms with E-state index in [0.29, 0.717) is 21.2 Å². The summed E-state index contributed by atoms with van der Waals surface area (Å²) in [7, 11) is 0. The molecule has 0 aliphatic carbocycles. The molecular formula is C30H22F3N3O5S2. The molecular weight excluding hydrogens is 603 g/mol. The molecule has 4 aromatic rings. The van der Waals surface area contributed by atoms with Gasteiger partial charge in [-0.1, -0.05) is 59.0 Å². The Labute approximate surface area is 250 Å². The zero-order valence-electron chi connectivity index (χ0n) is 22.3. The topological polar surface area (TPSA) is 109 Å². The zero-order chi connectivity index (χ0) is 30.5. The average Bonchev–Trinajstić information content (AvgIpc) is 3.46. The maximum atomic E-state index is 13.8. The van der Waals surface area contributed by atoms with Crippen molar-refractivity contribution in [3.63, 3.8) is 0 Å². The Kier molecular flexibility index (Phi) is 7.38. The van der Waals surface area contributed by atoms with E-state index in [1.165, 1.54) is 28.8 Å². The van der Waals surface area contributed by atoms with Crippen LogP contribution >= 0.6 is 23.1 Å². The maximum Gasteiger partial charge on any atom is 0.416 e. The van der Waals surface area contributed by atoms with Crippen LogP contribution in [-0.4, -0.2) is 34.6 Å². The molecule has 3 aromatic carbocycles. The highest BCUT2D eigenvalue weighted by Crippen LogP contribution is 2.53. The smallest absolute Gasteiger partial charge is 0.416 e. The molecule has 43 heavy (non-hydrogen) atoms. The minimum Gasteiger partial charge on any atom is -0.484 e. The van der Waals surface area contributed by atoms with Gasteiger partial charge in [-0.2, -0.15) is 13.2 Å². The molecule has 2 aliphatic heterocycles. The van der Waals surface area contributed by atoms with E-state index in [1.54, 1.807) is 36.4 Å². The number of halogens is 3. The molecule has 1 aromatic heterocycles. The standard InChI is InChI=1S/C30H22F3N3O5S2/c1-15-8-10-19(11-9-15)36-27(38)23-22(24-26(35-29(40)43-24)42-25(23)28(36)39)16-4-2-7-20(12-16)41-14-21(37)34-18-6-3-5-17(13-18)30(31,32)33/h2-13,22-23,25H,14H2,1H3,(H,34,37)(H,35,40)/t22-,23-,25+/m0/s1. The van der Waals surface area contributed by atoms with Crippen LogP contribution in [0.4, 0.5) is 24.5 Å². The molecule has 0 radical (unpaired) electrons. The molecule has 0 unspecified atom stereocenters. The second-order valence-electron chi connectivity index (χ2n) is 10.1. The Morgan fingerprint density at radius 1 is 1.00 bits per heavy atom. The number of aromatic nitrogens is 1. The molecule has 3 atom stereocenters. The lowest BCUT2D eigenvalue weighted by molar-refractivity contribution is -0.137. The van der Waals surface area contributed by atoms with E-state index in [-0.39, 0.29) is 28.1 Å². The fourth-order valence-corrected chi connectivity index (χ4v) is 7.76. The number of carbonyl (C=O) groups is 3. The summed E-state index contributed by atoms with van der Waals surface area (Å²) < 4.78 is 44.7. The largest absolute Gasteiger partial charge is 0.484 e. The maximum absolute atomic E-state index is 13.8. The third kappa shape index (κ3) is 5.57. The van der Waals surface area contributed by atoms with Crippen molar-refractivity contribution in [2.75, 3.05) is 16.8 Å². The number of amides is 3. The van der Waals surface area contributed by atoms with Crippen molar-refractivity contribution >= 4 is 52.2 Å². The van der Waals surface area contributed by atoms with E-state index < -0.39 is 41.3 Å². The molecule has 1 fully saturated rings. The SMILES string of the molecule is Cc1ccc(N2C(=O)[C@H]3[C@H](c4cccc(OCC(=O)Nc5cccc(C(F)(F)F)c5)c4)c4sc(=O)[nH]c4S[C@H]3C2=O)cc1. The average molecular weight is 626 g/mol. The summed E-state index contributed by atoms with van der Waals surface area (Å²) in [5, 5.41) is 2.15. The summed E-state index contributed by atoms with van der Waals surface area (Å²) in [4.78, 5) is 56.5. The summed E-state index contributed by atoms with van der Waals surface area (Å²) in [6.45, 7) is 1.41. The van der Waals surface area contributed by atoms with Gasteiger partial charge in [-0.15, -0.1) is 0 Å². The number of benzene rings is 3. The summed E-state index contributed by atoms with van der Waals surface area (Å²) in [5.74, 6) is -2.59. The number of hydrogen-bond donors (Lipinski definition) is 2. The van der Waals surface area contributed by atoms with Gasteiger partial charge in [-0.25, -0.2) is 4.90 Å². The number of H-pyrrole nitrogens is 1. The molecule has 0 saturated carbocycles. The number of alkyl halides is 3. The van der Waals surface area contributed by atoms with Crippen LogP contribution in [0.15, 0.2) is 82.6 Å². The molecule has 2 N–H and O–H groups in total. The van der Waals surface area contributed by atoms with Crippen molar-refractivity contribution in [3.8, 4) is 5.75 Å². The van der Waals surface area contributed by atoms with Crippen LogP contribution < -0.4 is 19.8 Å². The number of ether oxygens (including phenoxy) is 1. The van der Waals surface area contributed by atoms with Crippen LogP contribution in [0.25, 0.3) is 0 Å². The van der Waals surface area contributed by atoms with Gasteiger partial charge in [0.25, 0.3) is 5.91 Å². The van der Waals surface area contributed by atoms with Gasteiger partial charge < -0.3 is 15.0 Å². The first-order chi connectivity index (χ1) is 20.5. The number of hydrogen-bond acceptors (Lipinski definition) is 7. The van der Waals surface area contributed by atoms with E-state index in [4.69, 9.17) is 4.74 Å². The molecule has 8 nitrogen and oxygen atoms in total. The number of aromatic amines is 1. The quantitative estimate of drug-likeness (QED) is 0.271. The van der Waals surface area contributed by atoms with Gasteiger partial charge in [-0.3, -0.25) is 19.2 Å². The normalized spacial score (nSPS) is 19.6. The number of rotatable bonds is 6. The minimum absolute atomic E-state index is 0.0274. The van der Waals surface area contributed by atoms with E-state index in [2.05, 4.69) is 10.3 Å². The fraction of sp³-hybridized carbons (Fsp3) is 0.200. The first-order valence-electron chi connectivity index (χ1n) is 13.0. The van der Waals surface area contributed by atoms with Crippen molar-refractivity contribution < 1.29 is 32.3 Å². The van der Waals surface area contributed by atoms with Crippen LogP contribution in [0.1, 0.15) is 27.5 Å². The summed E-state index contributed by atoms with van der Waals surface area (Å²) in [5.41, 5.74) is 1.13. The number of imide groups is 1. The second-order valence-corrected chi connectivity index (χ2v) is 12.3. The molecule has 1 saturated heterocycles. The van der Waals surface area contributed by atoms with Gasteiger partial charge in [0.1, 0.15) is 11.0 Å². The molecule has 2 aliphatic rings. The predicted octanol–water partition coefficient (Wildman–Crippen LogP) is 5.58. The van der Waals surface area contributed by atoms with Gasteiger partial charge in [0.05, 0.1) is 22.2 Å². The van der Waals surface area contributed by atoms with Gasteiger partial charge in [0, 0.05) is 16.5 Å². The highest BCUT2D eigenvalue weighted by Gasteiger charge is 2.56. The number of nitrogens with zero attached hydrogens (tertiary/aromatic N) is 1. The van der Waals surface area contributed by atoms with Crippen molar-refractivity contribution in [1.82, 2.24) is 4.98 Å². The summed E-state index contributed by atoms with van der Waals surface area (Å²) in [6.07, 6.45) is -4.55.